The van der Waals surface area contributed by atoms with Gasteiger partial charge < -0.3 is 9.67 Å². The van der Waals surface area contributed by atoms with Gasteiger partial charge in [0.05, 0.1) is 12.3 Å². The van der Waals surface area contributed by atoms with Gasteiger partial charge in [-0.2, -0.15) is 0 Å². The molecule has 2 aromatic heterocycles. The molecule has 0 saturated heterocycles. The summed E-state index contributed by atoms with van der Waals surface area (Å²) in [6, 6.07) is 5.83. The van der Waals surface area contributed by atoms with Gasteiger partial charge in [0.2, 0.25) is 0 Å². The van der Waals surface area contributed by atoms with Gasteiger partial charge in [0, 0.05) is 18.4 Å². The molecule has 0 unspecified atom stereocenters. The van der Waals surface area contributed by atoms with E-state index >= 15 is 0 Å². The minimum atomic E-state index is 0.0160. The third-order valence-electron chi connectivity index (χ3n) is 3.24. The lowest BCUT2D eigenvalue weighted by molar-refractivity contribution is 0.275. The Morgan fingerprint density at radius 2 is 2.24 bits per heavy atom. The second-order valence-electron chi connectivity index (χ2n) is 4.31. The molecule has 1 N–H and O–H groups in total. The van der Waals surface area contributed by atoms with E-state index < -0.39 is 0 Å². The smallest absolute Gasteiger partial charge is 0.159 e. The van der Waals surface area contributed by atoms with Crippen LogP contribution in [0.3, 0.4) is 0 Å². The number of rotatable bonds is 2. The SMILES string of the molecule is OCc1nc(-c2ccccn2)n2c1CCCC2. The van der Waals surface area contributed by atoms with Crippen molar-refractivity contribution >= 4 is 0 Å². The summed E-state index contributed by atoms with van der Waals surface area (Å²) in [5, 5.41) is 9.36. The van der Waals surface area contributed by atoms with E-state index in [0.717, 1.165) is 30.2 Å². The predicted octanol–water partition coefficient (Wildman–Crippen LogP) is 1.77. The molecule has 0 bridgehead atoms. The molecular formula is C13H15N3O. The predicted molar refractivity (Wildman–Crippen MR) is 64.3 cm³/mol. The topological polar surface area (TPSA) is 50.9 Å². The van der Waals surface area contributed by atoms with Crippen molar-refractivity contribution in [2.24, 2.45) is 0 Å². The lowest BCUT2D eigenvalue weighted by atomic mass is 10.1. The number of hydrogen-bond donors (Lipinski definition) is 1. The highest BCUT2D eigenvalue weighted by Crippen LogP contribution is 2.26. The Labute approximate surface area is 100.0 Å². The van der Waals surface area contributed by atoms with E-state index in [1.807, 2.05) is 18.2 Å². The molecule has 1 aliphatic rings. The number of fused-ring (bicyclic) bond motifs is 1. The molecule has 0 amide bonds. The molecule has 3 rings (SSSR count). The largest absolute Gasteiger partial charge is 0.390 e. The fourth-order valence-corrected chi connectivity index (χ4v) is 2.44. The molecule has 4 heteroatoms. The normalized spacial score (nSPS) is 14.6. The molecular weight excluding hydrogens is 214 g/mol. The Morgan fingerprint density at radius 1 is 1.29 bits per heavy atom. The second kappa shape index (κ2) is 4.30. The summed E-state index contributed by atoms with van der Waals surface area (Å²) in [5.41, 5.74) is 2.88. The zero-order valence-electron chi connectivity index (χ0n) is 9.63. The molecule has 0 fully saturated rings. The summed E-state index contributed by atoms with van der Waals surface area (Å²) < 4.78 is 2.21. The first-order chi connectivity index (χ1) is 8.40. The maximum absolute atomic E-state index is 9.36. The molecule has 17 heavy (non-hydrogen) atoms. The molecule has 0 spiro atoms. The van der Waals surface area contributed by atoms with Crippen molar-refractivity contribution < 1.29 is 5.11 Å². The molecule has 4 nitrogen and oxygen atoms in total. The molecule has 0 radical (unpaired) electrons. The first-order valence-electron chi connectivity index (χ1n) is 6.00. The van der Waals surface area contributed by atoms with E-state index in [-0.39, 0.29) is 6.61 Å². The maximum atomic E-state index is 9.36. The van der Waals surface area contributed by atoms with E-state index in [0.29, 0.717) is 0 Å². The molecule has 0 atom stereocenters. The minimum Gasteiger partial charge on any atom is -0.390 e. The monoisotopic (exact) mass is 229 g/mol. The van der Waals surface area contributed by atoms with Gasteiger partial charge in [-0.15, -0.1) is 0 Å². The first-order valence-corrected chi connectivity index (χ1v) is 6.00. The number of hydrogen-bond acceptors (Lipinski definition) is 3. The van der Waals surface area contributed by atoms with E-state index in [1.165, 1.54) is 18.5 Å². The van der Waals surface area contributed by atoms with Crippen molar-refractivity contribution in [2.45, 2.75) is 32.4 Å². The highest BCUT2D eigenvalue weighted by molar-refractivity contribution is 5.51. The van der Waals surface area contributed by atoms with Crippen LogP contribution in [0.5, 0.6) is 0 Å². The summed E-state index contributed by atoms with van der Waals surface area (Å²) in [7, 11) is 0. The third kappa shape index (κ3) is 1.74. The van der Waals surface area contributed by atoms with E-state index in [4.69, 9.17) is 0 Å². The standard InChI is InChI=1S/C13H15N3O/c17-9-11-12-6-2-4-8-16(12)13(15-11)10-5-1-3-7-14-10/h1,3,5,7,17H,2,4,6,8-9H2. The summed E-state index contributed by atoms with van der Waals surface area (Å²) >= 11 is 0. The van der Waals surface area contributed by atoms with Gasteiger partial charge in [0.25, 0.3) is 0 Å². The first kappa shape index (κ1) is 10.5. The Hall–Kier alpha value is -1.68. The quantitative estimate of drug-likeness (QED) is 0.854. The second-order valence-corrected chi connectivity index (χ2v) is 4.31. The Balaban J connectivity index is 2.14. The van der Waals surface area contributed by atoms with Gasteiger partial charge in [0.1, 0.15) is 5.69 Å². The van der Waals surface area contributed by atoms with Crippen LogP contribution in [0.25, 0.3) is 11.5 Å². The highest BCUT2D eigenvalue weighted by Gasteiger charge is 2.20. The Bertz CT molecular complexity index is 519. The van der Waals surface area contributed by atoms with Crippen LogP contribution < -0.4 is 0 Å². The maximum Gasteiger partial charge on any atom is 0.159 e. The summed E-state index contributed by atoms with van der Waals surface area (Å²) in [5.74, 6) is 0.893. The van der Waals surface area contributed by atoms with Crippen molar-refractivity contribution in [3.8, 4) is 11.5 Å². The van der Waals surface area contributed by atoms with Crippen LogP contribution in [0.2, 0.25) is 0 Å². The highest BCUT2D eigenvalue weighted by atomic mass is 16.3. The van der Waals surface area contributed by atoms with Crippen LogP contribution >= 0.6 is 0 Å². The molecule has 1 aliphatic heterocycles. The van der Waals surface area contributed by atoms with Crippen LogP contribution in [-0.4, -0.2) is 19.6 Å². The van der Waals surface area contributed by atoms with Crippen molar-refractivity contribution in [2.75, 3.05) is 0 Å². The summed E-state index contributed by atoms with van der Waals surface area (Å²) in [4.78, 5) is 8.87. The number of imidazole rings is 1. The molecule has 0 aromatic carbocycles. The average Bonchev–Trinajstić information content (AvgIpc) is 2.78. The van der Waals surface area contributed by atoms with Crippen molar-refractivity contribution in [3.05, 3.63) is 35.8 Å². The Morgan fingerprint density at radius 3 is 3.00 bits per heavy atom. The molecule has 0 saturated carbocycles. The van der Waals surface area contributed by atoms with E-state index in [1.54, 1.807) is 6.20 Å². The van der Waals surface area contributed by atoms with Gasteiger partial charge >= 0.3 is 0 Å². The molecule has 3 heterocycles. The lowest BCUT2D eigenvalue weighted by Crippen LogP contribution is -2.12. The van der Waals surface area contributed by atoms with Crippen LogP contribution in [0, 0.1) is 0 Å². The van der Waals surface area contributed by atoms with Crippen molar-refractivity contribution in [1.82, 2.24) is 14.5 Å². The van der Waals surface area contributed by atoms with Crippen LogP contribution in [0.1, 0.15) is 24.2 Å². The van der Waals surface area contributed by atoms with Gasteiger partial charge in [-0.05, 0) is 31.4 Å². The van der Waals surface area contributed by atoms with Gasteiger partial charge in [0.15, 0.2) is 5.82 Å². The number of pyridine rings is 1. The third-order valence-corrected chi connectivity index (χ3v) is 3.24. The van der Waals surface area contributed by atoms with Crippen LogP contribution in [0.4, 0.5) is 0 Å². The van der Waals surface area contributed by atoms with E-state index in [2.05, 4.69) is 14.5 Å². The van der Waals surface area contributed by atoms with Crippen LogP contribution in [-0.2, 0) is 19.6 Å². The zero-order valence-corrected chi connectivity index (χ0v) is 9.63. The number of aromatic nitrogens is 3. The van der Waals surface area contributed by atoms with Crippen LogP contribution in [0.15, 0.2) is 24.4 Å². The Kier molecular flexibility index (Phi) is 2.65. The summed E-state index contributed by atoms with van der Waals surface area (Å²) in [6.07, 6.45) is 5.14. The number of nitrogens with zero attached hydrogens (tertiary/aromatic N) is 3. The van der Waals surface area contributed by atoms with Crippen molar-refractivity contribution in [3.63, 3.8) is 0 Å². The fourth-order valence-electron chi connectivity index (χ4n) is 2.44. The fraction of sp³-hybridized carbons (Fsp3) is 0.385. The number of aliphatic hydroxyl groups excluding tert-OH is 1. The average molecular weight is 229 g/mol. The molecule has 88 valence electrons. The van der Waals surface area contributed by atoms with Gasteiger partial charge in [-0.3, -0.25) is 4.98 Å². The lowest BCUT2D eigenvalue weighted by Gasteiger charge is -2.16. The molecule has 2 aromatic rings. The number of aliphatic hydroxyl groups is 1. The van der Waals surface area contributed by atoms with E-state index in [9.17, 15) is 5.11 Å². The minimum absolute atomic E-state index is 0.0160. The van der Waals surface area contributed by atoms with Gasteiger partial charge in [-0.1, -0.05) is 6.07 Å². The molecule has 0 aliphatic carbocycles. The zero-order chi connectivity index (χ0) is 11.7. The van der Waals surface area contributed by atoms with Gasteiger partial charge in [-0.25, -0.2) is 4.98 Å². The summed E-state index contributed by atoms with van der Waals surface area (Å²) in [6.45, 7) is 0.996. The van der Waals surface area contributed by atoms with Crippen molar-refractivity contribution in [1.29, 1.82) is 0 Å².